The molecule has 2 amide bonds. The standard InChI is InChI=1S/C11H15N3O3/c1-2-14(8-10(15)16)11(17)13-7-9-5-3-4-6-12-9/h3-6H,2,7-8H2,1H3,(H,13,17)(H,15,16). The number of likely N-dealkylation sites (N-methyl/N-ethyl adjacent to an activating group) is 1. The minimum atomic E-state index is -1.03. The van der Waals surface area contributed by atoms with Gasteiger partial charge in [-0.15, -0.1) is 0 Å². The summed E-state index contributed by atoms with van der Waals surface area (Å²) in [5.74, 6) is -1.03. The minimum Gasteiger partial charge on any atom is -0.480 e. The Bertz CT molecular complexity index is 381. The van der Waals surface area contributed by atoms with Crippen molar-refractivity contribution >= 4 is 12.0 Å². The van der Waals surface area contributed by atoms with E-state index in [1.54, 1.807) is 25.3 Å². The van der Waals surface area contributed by atoms with Crippen molar-refractivity contribution in [3.05, 3.63) is 30.1 Å². The highest BCUT2D eigenvalue weighted by atomic mass is 16.4. The lowest BCUT2D eigenvalue weighted by atomic mass is 10.3. The van der Waals surface area contributed by atoms with E-state index in [1.165, 1.54) is 4.90 Å². The number of carbonyl (C=O) groups excluding carboxylic acids is 1. The van der Waals surface area contributed by atoms with Crippen LogP contribution >= 0.6 is 0 Å². The number of hydrogen-bond donors (Lipinski definition) is 2. The third kappa shape index (κ3) is 4.50. The average Bonchev–Trinajstić information content (AvgIpc) is 2.34. The molecule has 1 aromatic rings. The van der Waals surface area contributed by atoms with Crippen LogP contribution in [0.2, 0.25) is 0 Å². The maximum absolute atomic E-state index is 11.6. The molecular weight excluding hydrogens is 222 g/mol. The van der Waals surface area contributed by atoms with Gasteiger partial charge in [0.05, 0.1) is 12.2 Å². The Morgan fingerprint density at radius 2 is 2.24 bits per heavy atom. The van der Waals surface area contributed by atoms with Crippen molar-refractivity contribution in [1.29, 1.82) is 0 Å². The number of rotatable bonds is 5. The molecule has 1 heterocycles. The number of amides is 2. The van der Waals surface area contributed by atoms with Gasteiger partial charge in [0, 0.05) is 12.7 Å². The van der Waals surface area contributed by atoms with Crippen molar-refractivity contribution in [1.82, 2.24) is 15.2 Å². The second-order valence-corrected chi connectivity index (χ2v) is 3.39. The quantitative estimate of drug-likeness (QED) is 0.789. The van der Waals surface area contributed by atoms with Crippen LogP contribution in [-0.2, 0) is 11.3 Å². The summed E-state index contributed by atoms with van der Waals surface area (Å²) in [7, 11) is 0. The van der Waals surface area contributed by atoms with Crippen LogP contribution in [0.1, 0.15) is 12.6 Å². The molecule has 0 unspecified atom stereocenters. The molecule has 6 heteroatoms. The molecule has 0 bridgehead atoms. The highest BCUT2D eigenvalue weighted by Crippen LogP contribution is 1.94. The lowest BCUT2D eigenvalue weighted by Crippen LogP contribution is -2.42. The third-order valence-corrected chi connectivity index (χ3v) is 2.14. The summed E-state index contributed by atoms with van der Waals surface area (Å²) in [6, 6.07) is 4.99. The number of nitrogens with one attached hydrogen (secondary N) is 1. The van der Waals surface area contributed by atoms with E-state index in [1.807, 2.05) is 6.07 Å². The van der Waals surface area contributed by atoms with Gasteiger partial charge in [-0.2, -0.15) is 0 Å². The van der Waals surface area contributed by atoms with Crippen LogP contribution in [0.3, 0.4) is 0 Å². The zero-order valence-electron chi connectivity index (χ0n) is 9.59. The molecule has 1 rings (SSSR count). The van der Waals surface area contributed by atoms with Gasteiger partial charge in [-0.1, -0.05) is 6.07 Å². The number of hydrogen-bond acceptors (Lipinski definition) is 3. The maximum Gasteiger partial charge on any atom is 0.323 e. The van der Waals surface area contributed by atoms with Gasteiger partial charge in [0.2, 0.25) is 0 Å². The molecule has 0 saturated heterocycles. The zero-order chi connectivity index (χ0) is 12.7. The molecule has 0 fully saturated rings. The average molecular weight is 237 g/mol. The monoisotopic (exact) mass is 237 g/mol. The second kappa shape index (κ2) is 6.47. The topological polar surface area (TPSA) is 82.5 Å². The Balaban J connectivity index is 2.45. The molecule has 0 radical (unpaired) electrons. The number of nitrogens with zero attached hydrogens (tertiary/aromatic N) is 2. The van der Waals surface area contributed by atoms with Crippen molar-refractivity contribution < 1.29 is 14.7 Å². The fraction of sp³-hybridized carbons (Fsp3) is 0.364. The molecule has 0 atom stereocenters. The lowest BCUT2D eigenvalue weighted by Gasteiger charge is -2.18. The van der Waals surface area contributed by atoms with E-state index < -0.39 is 12.0 Å². The predicted octanol–water partition coefficient (Wildman–Crippen LogP) is 0.698. The van der Waals surface area contributed by atoms with E-state index in [-0.39, 0.29) is 13.1 Å². The van der Waals surface area contributed by atoms with Crippen LogP contribution in [0.5, 0.6) is 0 Å². The summed E-state index contributed by atoms with van der Waals surface area (Å²) in [5.41, 5.74) is 0.729. The summed E-state index contributed by atoms with van der Waals surface area (Å²) in [5, 5.41) is 11.2. The van der Waals surface area contributed by atoms with E-state index in [2.05, 4.69) is 10.3 Å². The fourth-order valence-electron chi connectivity index (χ4n) is 1.27. The molecule has 0 aliphatic rings. The molecule has 2 N–H and O–H groups in total. The van der Waals surface area contributed by atoms with Gasteiger partial charge in [-0.3, -0.25) is 9.78 Å². The molecule has 0 aromatic carbocycles. The minimum absolute atomic E-state index is 0.287. The molecule has 92 valence electrons. The highest BCUT2D eigenvalue weighted by molar-refractivity contribution is 5.79. The smallest absolute Gasteiger partial charge is 0.323 e. The van der Waals surface area contributed by atoms with Crippen molar-refractivity contribution in [2.75, 3.05) is 13.1 Å². The largest absolute Gasteiger partial charge is 0.480 e. The molecule has 0 saturated carbocycles. The number of aliphatic carboxylic acids is 1. The molecule has 0 aliphatic heterocycles. The lowest BCUT2D eigenvalue weighted by molar-refractivity contribution is -0.137. The van der Waals surface area contributed by atoms with Crippen LogP contribution in [0.25, 0.3) is 0 Å². The molecule has 0 aliphatic carbocycles. The second-order valence-electron chi connectivity index (χ2n) is 3.39. The Morgan fingerprint density at radius 1 is 1.47 bits per heavy atom. The van der Waals surface area contributed by atoms with Crippen molar-refractivity contribution in [2.24, 2.45) is 0 Å². The summed E-state index contributed by atoms with van der Waals surface area (Å²) in [4.78, 5) is 27.4. The third-order valence-electron chi connectivity index (χ3n) is 2.14. The van der Waals surface area contributed by atoms with E-state index in [0.717, 1.165) is 5.69 Å². The fourth-order valence-corrected chi connectivity index (χ4v) is 1.27. The van der Waals surface area contributed by atoms with Gasteiger partial charge in [0.15, 0.2) is 0 Å². The van der Waals surface area contributed by atoms with E-state index in [0.29, 0.717) is 6.54 Å². The van der Waals surface area contributed by atoms with Crippen LogP contribution in [0, 0.1) is 0 Å². The predicted molar refractivity (Wildman–Crippen MR) is 61.4 cm³/mol. The highest BCUT2D eigenvalue weighted by Gasteiger charge is 2.14. The van der Waals surface area contributed by atoms with Gasteiger partial charge in [0.25, 0.3) is 0 Å². The normalized spacial score (nSPS) is 9.71. The number of carboxylic acid groups (broad SMARTS) is 1. The van der Waals surface area contributed by atoms with Crippen molar-refractivity contribution in [2.45, 2.75) is 13.5 Å². The maximum atomic E-state index is 11.6. The summed E-state index contributed by atoms with van der Waals surface area (Å²) >= 11 is 0. The van der Waals surface area contributed by atoms with Gasteiger partial charge in [0.1, 0.15) is 6.54 Å². The first-order valence-corrected chi connectivity index (χ1v) is 5.28. The number of aromatic nitrogens is 1. The number of urea groups is 1. The molecule has 6 nitrogen and oxygen atoms in total. The number of pyridine rings is 1. The summed E-state index contributed by atoms with van der Waals surface area (Å²) in [6.07, 6.45) is 1.64. The zero-order valence-corrected chi connectivity index (χ0v) is 9.59. The number of carboxylic acids is 1. The first kappa shape index (κ1) is 13.0. The van der Waals surface area contributed by atoms with Crippen LogP contribution in [0.4, 0.5) is 4.79 Å². The first-order chi connectivity index (χ1) is 8.13. The SMILES string of the molecule is CCN(CC(=O)O)C(=O)NCc1ccccn1. The molecule has 0 spiro atoms. The van der Waals surface area contributed by atoms with Crippen molar-refractivity contribution in [3.8, 4) is 0 Å². The Labute approximate surface area is 99.3 Å². The molecule has 17 heavy (non-hydrogen) atoms. The van der Waals surface area contributed by atoms with Gasteiger partial charge in [-0.25, -0.2) is 4.79 Å². The Kier molecular flexibility index (Phi) is 4.93. The Hall–Kier alpha value is -2.11. The van der Waals surface area contributed by atoms with Gasteiger partial charge in [-0.05, 0) is 19.1 Å². The van der Waals surface area contributed by atoms with Crippen molar-refractivity contribution in [3.63, 3.8) is 0 Å². The van der Waals surface area contributed by atoms with E-state index in [4.69, 9.17) is 5.11 Å². The summed E-state index contributed by atoms with van der Waals surface area (Å²) < 4.78 is 0. The molecular formula is C11H15N3O3. The van der Waals surface area contributed by atoms with E-state index in [9.17, 15) is 9.59 Å². The number of carbonyl (C=O) groups is 2. The van der Waals surface area contributed by atoms with Crippen LogP contribution in [-0.4, -0.2) is 40.1 Å². The molecule has 1 aromatic heterocycles. The van der Waals surface area contributed by atoms with Crippen LogP contribution in [0.15, 0.2) is 24.4 Å². The first-order valence-electron chi connectivity index (χ1n) is 5.28. The van der Waals surface area contributed by atoms with Gasteiger partial charge < -0.3 is 15.3 Å². The van der Waals surface area contributed by atoms with E-state index >= 15 is 0 Å². The Morgan fingerprint density at radius 3 is 2.76 bits per heavy atom. The van der Waals surface area contributed by atoms with Crippen LogP contribution < -0.4 is 5.32 Å². The summed E-state index contributed by atoms with van der Waals surface area (Å²) in [6.45, 7) is 2.06. The van der Waals surface area contributed by atoms with Gasteiger partial charge >= 0.3 is 12.0 Å².